The lowest BCUT2D eigenvalue weighted by Gasteiger charge is -2.33. The Labute approximate surface area is 619 Å². The molecule has 11 rings (SSSR count). The van der Waals surface area contributed by atoms with E-state index in [2.05, 4.69) is 113 Å². The Balaban J connectivity index is 0.000000257. The summed E-state index contributed by atoms with van der Waals surface area (Å²) in [5, 5.41) is 40.3. The number of hydrogen-bond acceptors (Lipinski definition) is 13. The number of halogens is 5. The number of ether oxygens (including phenoxy) is 3. The second-order valence-electron chi connectivity index (χ2n) is 24.4. The molecular weight excluding hydrogens is 1360 g/mol. The van der Waals surface area contributed by atoms with Gasteiger partial charge in [-0.25, -0.2) is 9.59 Å². The van der Waals surface area contributed by atoms with Gasteiger partial charge in [-0.3, -0.25) is 14.6 Å². The van der Waals surface area contributed by atoms with Gasteiger partial charge in [-0.15, -0.1) is 23.2 Å². The number of allylic oxidation sites excluding steroid dienone is 3. The summed E-state index contributed by atoms with van der Waals surface area (Å²) in [7, 11) is 0. The molecule has 100 heavy (non-hydrogen) atoms. The van der Waals surface area contributed by atoms with E-state index in [0.29, 0.717) is 55.5 Å². The summed E-state index contributed by atoms with van der Waals surface area (Å²) < 4.78 is 14.1. The van der Waals surface area contributed by atoms with E-state index in [1.165, 1.54) is 42.0 Å². The lowest BCUT2D eigenvalue weighted by molar-refractivity contribution is -0.125. The Morgan fingerprint density at radius 2 is 0.890 bits per heavy atom. The van der Waals surface area contributed by atoms with Crippen LogP contribution in [0, 0.1) is 69.0 Å². The first-order valence-electron chi connectivity index (χ1n) is 33.9. The van der Waals surface area contributed by atoms with Gasteiger partial charge in [0.15, 0.2) is 11.1 Å². The maximum atomic E-state index is 11.9. The van der Waals surface area contributed by atoms with Crippen molar-refractivity contribution in [3.05, 3.63) is 232 Å². The lowest BCUT2D eigenvalue weighted by Crippen LogP contribution is -2.41. The maximum absolute atomic E-state index is 11.9. The van der Waals surface area contributed by atoms with Crippen molar-refractivity contribution >= 4 is 92.0 Å². The largest absolute Gasteiger partial charge is 0.434 e. The van der Waals surface area contributed by atoms with E-state index < -0.39 is 22.6 Å². The minimum absolute atomic E-state index is 0.113. The molecule has 0 bridgehead atoms. The molecule has 6 atom stereocenters. The first-order chi connectivity index (χ1) is 48.4. The van der Waals surface area contributed by atoms with Crippen LogP contribution in [-0.4, -0.2) is 114 Å². The van der Waals surface area contributed by atoms with E-state index in [-0.39, 0.29) is 17.2 Å². The number of ketones is 1. The van der Waals surface area contributed by atoms with Crippen LogP contribution in [0.1, 0.15) is 113 Å². The minimum Gasteiger partial charge on any atom is -0.434 e. The number of nitrogens with one attached hydrogen (secondary N) is 1. The normalized spacial score (nSPS) is 19.8. The second-order valence-corrected chi connectivity index (χ2v) is 26.7. The number of Topliss-reactive ketones (excluding diaryl/α,β-unsaturated/α-hetero) is 1. The van der Waals surface area contributed by atoms with Gasteiger partial charge in [-0.05, 0) is 120 Å². The van der Waals surface area contributed by atoms with Crippen LogP contribution in [0.4, 0.5) is 9.59 Å². The van der Waals surface area contributed by atoms with Crippen molar-refractivity contribution in [3.63, 3.8) is 0 Å². The van der Waals surface area contributed by atoms with E-state index in [1.807, 2.05) is 141 Å². The highest BCUT2D eigenvalue weighted by Gasteiger charge is 2.29. The first-order valence-corrected chi connectivity index (χ1v) is 36.2. The molecule has 5 heterocycles. The van der Waals surface area contributed by atoms with Crippen LogP contribution in [0.25, 0.3) is 16.7 Å². The number of likely N-dealkylation sites (tertiary alicyclic amines) is 3. The topological polar surface area (TPSA) is 196 Å². The van der Waals surface area contributed by atoms with Crippen LogP contribution in [-0.2, 0) is 38.5 Å². The van der Waals surface area contributed by atoms with Crippen LogP contribution < -0.4 is 5.32 Å². The number of amides is 1. The molecule has 0 radical (unpaired) electrons. The van der Waals surface area contributed by atoms with Gasteiger partial charge in [0.25, 0.3) is 0 Å². The molecule has 5 aliphatic rings. The van der Waals surface area contributed by atoms with Gasteiger partial charge in [0.05, 0.1) is 52.8 Å². The average Bonchev–Trinajstić information content (AvgIpc) is 0.882. The highest BCUT2D eigenvalue weighted by molar-refractivity contribution is 6.61. The van der Waals surface area contributed by atoms with Crippen molar-refractivity contribution in [2.45, 2.75) is 111 Å². The van der Waals surface area contributed by atoms with Crippen molar-refractivity contribution in [2.24, 2.45) is 23.7 Å². The number of nitriles is 4. The molecule has 0 spiro atoms. The van der Waals surface area contributed by atoms with Crippen LogP contribution in [0.5, 0.6) is 0 Å². The standard InChI is InChI=1S/C21H22N2.C17H19ClN2O2.C14H16N2.C13H17NO.C8H7N.C4H8O.C3H4Cl2O2.CH2Cl2/c1-17-15-23(16-18-8-4-2-5-9-18)13-12-20(17)21(14-22)19-10-6-3-7-11-19;1-12-11-20(17(21)22-13(2)18)9-8-15(12)16(10-19)14-6-4-3-5-7-14;1-11-10-16-8-7-13(11)14(9-15)12-5-3-2-4-6-12;1-11-9-14(8-7-13(11)15)10-12-5-3-2-4-6-12;9-7-6-8-4-2-1-3-5-8;1-2-4-5-3-1;1-2(4)7-3(5)6;2-1-3/h2-11,17H,12-13,15-16H2,1H3;3-7,12-13H,8-9,11H2,1-2H3;2-6,11,16H,7-8,10H2,1H3;2-6,11H,7-10H2,1H3;1-5H,6H2;1-4H2;2H,1H3;1H2/b21-20+;16-15+;14-13+;;;;;. The fraction of sp³-hybridized carbons (Fsp3) is 0.395. The zero-order valence-corrected chi connectivity index (χ0v) is 62.2. The molecule has 0 aliphatic carbocycles. The van der Waals surface area contributed by atoms with Crippen LogP contribution in [0.2, 0.25) is 0 Å². The Morgan fingerprint density at radius 3 is 1.22 bits per heavy atom. The summed E-state index contributed by atoms with van der Waals surface area (Å²) in [5.74, 6) is 1.62. The summed E-state index contributed by atoms with van der Waals surface area (Å²) in [5.41, 5.74) is 10.8. The molecule has 5 saturated heterocycles. The third-order valence-electron chi connectivity index (χ3n) is 16.7. The average molecular weight is 1450 g/mol. The number of benzene rings is 6. The quantitative estimate of drug-likeness (QED) is 0.0773. The Bertz CT molecular complexity index is 3610. The van der Waals surface area contributed by atoms with Gasteiger partial charge in [-0.2, -0.15) is 21.0 Å². The Morgan fingerprint density at radius 1 is 0.520 bits per heavy atom. The number of carbonyl (C=O) groups is 3. The number of nitrogens with zero attached hydrogens (tertiary/aromatic N) is 7. The molecule has 14 nitrogen and oxygen atoms in total. The first kappa shape index (κ1) is 84.6. The molecule has 0 saturated carbocycles. The Kier molecular flexibility index (Phi) is 42.0. The van der Waals surface area contributed by atoms with Gasteiger partial charge in [0, 0.05) is 96.1 Å². The molecule has 19 heteroatoms. The lowest BCUT2D eigenvalue weighted by atomic mass is 9.86. The van der Waals surface area contributed by atoms with Crippen LogP contribution >= 0.6 is 58.0 Å². The highest BCUT2D eigenvalue weighted by Crippen LogP contribution is 2.33. The van der Waals surface area contributed by atoms with Gasteiger partial charge in [-0.1, -0.05) is 233 Å². The SMILES string of the molecule is C1CCOC1.CC(Cl)OC(=O)Cl.CC(Cl)OC(=O)N1CC/C(=C(/C#N)c2ccccc2)C(C)C1.CC1CN(Cc2ccccc2)CC/C1=C(/C#N)c1ccccc1.CC1CN(Cc2ccccc2)CCC1=O.CC1CNCC/C1=C(/C#N)c1ccccc1.ClCCl.N#CCc1ccccc1. The summed E-state index contributed by atoms with van der Waals surface area (Å²) in [6, 6.07) is 69.7. The second kappa shape index (κ2) is 49.7. The summed E-state index contributed by atoms with van der Waals surface area (Å²) in [4.78, 5) is 39.5. The number of alkyl halides is 4. The number of piperidine rings is 4. The van der Waals surface area contributed by atoms with Crippen LogP contribution in [0.15, 0.2) is 199 Å². The van der Waals surface area contributed by atoms with Crippen LogP contribution in [0.3, 0.4) is 0 Å². The monoisotopic (exact) mass is 1450 g/mol. The van der Waals surface area contributed by atoms with E-state index >= 15 is 0 Å². The highest BCUT2D eigenvalue weighted by atomic mass is 35.5. The predicted molar refractivity (Wildman–Crippen MR) is 407 cm³/mol. The number of hydrogen-bond donors (Lipinski definition) is 1. The number of carbonyl (C=O) groups excluding carboxylic acids is 3. The van der Waals surface area contributed by atoms with Crippen molar-refractivity contribution in [2.75, 3.05) is 70.9 Å². The van der Waals surface area contributed by atoms with Crippen molar-refractivity contribution < 1.29 is 28.6 Å². The smallest absolute Gasteiger partial charge is 0.411 e. The zero-order valence-electron chi connectivity index (χ0n) is 58.4. The molecular formula is C81H95Cl5N8O6. The van der Waals surface area contributed by atoms with Crippen molar-refractivity contribution in [3.8, 4) is 24.3 Å². The molecule has 6 aromatic rings. The molecule has 0 aromatic heterocycles. The van der Waals surface area contributed by atoms with E-state index in [9.17, 15) is 30.2 Å². The minimum atomic E-state index is -0.873. The van der Waals surface area contributed by atoms with Crippen molar-refractivity contribution in [1.82, 2.24) is 20.0 Å². The predicted octanol–water partition coefficient (Wildman–Crippen LogP) is 19.1. The molecule has 5 fully saturated rings. The van der Waals surface area contributed by atoms with E-state index in [0.717, 1.165) is 117 Å². The van der Waals surface area contributed by atoms with E-state index in [4.69, 9.17) is 72.7 Å². The van der Waals surface area contributed by atoms with Gasteiger partial charge in [0.1, 0.15) is 5.78 Å². The fourth-order valence-corrected chi connectivity index (χ4v) is 12.1. The third-order valence-corrected chi connectivity index (χ3v) is 16.9. The Hall–Kier alpha value is -7.80. The number of rotatable bonds is 10. The molecule has 5 aliphatic heterocycles. The van der Waals surface area contributed by atoms with Gasteiger partial charge >= 0.3 is 11.5 Å². The van der Waals surface area contributed by atoms with E-state index in [1.54, 1.807) is 11.8 Å². The third kappa shape index (κ3) is 32.7. The summed E-state index contributed by atoms with van der Waals surface area (Å²) >= 11 is 25.1. The molecule has 1 amide bonds. The molecule has 6 aromatic carbocycles. The molecule has 1 N–H and O–H groups in total. The van der Waals surface area contributed by atoms with Crippen molar-refractivity contribution in [1.29, 1.82) is 21.0 Å². The molecule has 530 valence electrons. The fourth-order valence-electron chi connectivity index (χ4n) is 11.7. The zero-order chi connectivity index (χ0) is 72.9. The molecule has 6 unspecified atom stereocenters. The summed E-state index contributed by atoms with van der Waals surface area (Å²) in [6.45, 7) is 22.5. The van der Waals surface area contributed by atoms with Gasteiger partial charge < -0.3 is 24.4 Å². The van der Waals surface area contributed by atoms with Gasteiger partial charge in [0.2, 0.25) is 0 Å². The summed E-state index contributed by atoms with van der Waals surface area (Å²) in [6.07, 6.45) is 6.02. The maximum Gasteiger partial charge on any atom is 0.411 e.